The molecule has 0 aromatic carbocycles. The lowest BCUT2D eigenvalue weighted by Gasteiger charge is -2.03. The van der Waals surface area contributed by atoms with Gasteiger partial charge in [0, 0.05) is 5.92 Å². The lowest BCUT2D eigenvalue weighted by atomic mass is 10.0. The molecule has 0 fully saturated rings. The first-order chi connectivity index (χ1) is 6.06. The van der Waals surface area contributed by atoms with E-state index < -0.39 is 0 Å². The molecule has 0 saturated carbocycles. The number of thiophene rings is 1. The SMILES string of the molecule is CCC(C)C(=O)c1cc(Cl)c(Br)s1. The standard InChI is InChI=1S/C9H10BrClOS/c1-3-5(2)8(12)7-4-6(11)9(10)13-7/h4-5H,3H2,1-2H3. The molecular weight excluding hydrogens is 272 g/mol. The first-order valence-electron chi connectivity index (χ1n) is 4.05. The van der Waals surface area contributed by atoms with Gasteiger partial charge in [-0.05, 0) is 28.4 Å². The molecule has 0 amide bonds. The zero-order valence-electron chi connectivity index (χ0n) is 7.43. The number of carbonyl (C=O) groups excluding carboxylic acids is 1. The Morgan fingerprint density at radius 2 is 2.38 bits per heavy atom. The van der Waals surface area contributed by atoms with Crippen molar-refractivity contribution >= 4 is 44.7 Å². The summed E-state index contributed by atoms with van der Waals surface area (Å²) >= 11 is 10.5. The first-order valence-corrected chi connectivity index (χ1v) is 6.04. The molecular formula is C9H10BrClOS. The molecule has 1 heterocycles. The van der Waals surface area contributed by atoms with Gasteiger partial charge in [-0.3, -0.25) is 4.79 Å². The van der Waals surface area contributed by atoms with Crippen molar-refractivity contribution in [3.05, 3.63) is 19.8 Å². The van der Waals surface area contributed by atoms with Gasteiger partial charge in [-0.15, -0.1) is 11.3 Å². The molecule has 72 valence electrons. The number of hydrogen-bond acceptors (Lipinski definition) is 2. The largest absolute Gasteiger partial charge is 0.293 e. The fraction of sp³-hybridized carbons (Fsp3) is 0.444. The summed E-state index contributed by atoms with van der Waals surface area (Å²) in [5, 5.41) is 0.622. The number of carbonyl (C=O) groups is 1. The van der Waals surface area contributed by atoms with Gasteiger partial charge in [-0.2, -0.15) is 0 Å². The first kappa shape index (κ1) is 11.2. The minimum absolute atomic E-state index is 0.0848. The predicted molar refractivity (Wildman–Crippen MR) is 60.8 cm³/mol. The van der Waals surface area contributed by atoms with Gasteiger partial charge in [-0.25, -0.2) is 0 Å². The second kappa shape index (κ2) is 4.58. The third-order valence-electron chi connectivity index (χ3n) is 1.95. The number of ketones is 1. The molecule has 0 spiro atoms. The van der Waals surface area contributed by atoms with Gasteiger partial charge in [0.2, 0.25) is 0 Å². The predicted octanol–water partition coefficient (Wildman–Crippen LogP) is 4.39. The van der Waals surface area contributed by atoms with Gasteiger partial charge in [0.1, 0.15) is 0 Å². The Morgan fingerprint density at radius 1 is 1.77 bits per heavy atom. The van der Waals surface area contributed by atoms with Crippen LogP contribution in [0.15, 0.2) is 9.85 Å². The van der Waals surface area contributed by atoms with Crippen molar-refractivity contribution in [1.29, 1.82) is 0 Å². The summed E-state index contributed by atoms with van der Waals surface area (Å²) in [5.41, 5.74) is 0. The highest BCUT2D eigenvalue weighted by atomic mass is 79.9. The van der Waals surface area contributed by atoms with Gasteiger partial charge in [0.05, 0.1) is 13.7 Å². The van der Waals surface area contributed by atoms with Crippen LogP contribution in [-0.2, 0) is 0 Å². The third kappa shape index (κ3) is 2.55. The molecule has 0 bridgehead atoms. The summed E-state index contributed by atoms with van der Waals surface area (Å²) in [6.07, 6.45) is 0.867. The van der Waals surface area contributed by atoms with Crippen LogP contribution in [0.2, 0.25) is 5.02 Å². The molecule has 1 aromatic rings. The van der Waals surface area contributed by atoms with E-state index in [1.165, 1.54) is 11.3 Å². The van der Waals surface area contributed by atoms with Crippen molar-refractivity contribution in [3.63, 3.8) is 0 Å². The van der Waals surface area contributed by atoms with Crippen LogP contribution in [0.5, 0.6) is 0 Å². The van der Waals surface area contributed by atoms with Crippen molar-refractivity contribution in [3.8, 4) is 0 Å². The van der Waals surface area contributed by atoms with Crippen LogP contribution < -0.4 is 0 Å². The zero-order valence-corrected chi connectivity index (χ0v) is 10.6. The van der Waals surface area contributed by atoms with E-state index in [0.717, 1.165) is 15.1 Å². The molecule has 1 unspecified atom stereocenters. The summed E-state index contributed by atoms with van der Waals surface area (Å²) in [6.45, 7) is 3.94. The summed E-state index contributed by atoms with van der Waals surface area (Å²) in [5.74, 6) is 0.265. The van der Waals surface area contributed by atoms with E-state index in [1.807, 2.05) is 13.8 Å². The van der Waals surface area contributed by atoms with Crippen LogP contribution in [-0.4, -0.2) is 5.78 Å². The van der Waals surface area contributed by atoms with E-state index in [-0.39, 0.29) is 11.7 Å². The second-order valence-electron chi connectivity index (χ2n) is 2.91. The summed E-state index contributed by atoms with van der Waals surface area (Å²) in [6, 6.07) is 1.73. The maximum absolute atomic E-state index is 11.7. The summed E-state index contributed by atoms with van der Waals surface area (Å²) in [4.78, 5) is 12.4. The van der Waals surface area contributed by atoms with E-state index in [1.54, 1.807) is 6.07 Å². The lowest BCUT2D eigenvalue weighted by Crippen LogP contribution is -2.07. The minimum Gasteiger partial charge on any atom is -0.293 e. The van der Waals surface area contributed by atoms with Crippen LogP contribution in [0.4, 0.5) is 0 Å². The summed E-state index contributed by atoms with van der Waals surface area (Å²) in [7, 11) is 0. The lowest BCUT2D eigenvalue weighted by molar-refractivity contribution is 0.0931. The van der Waals surface area contributed by atoms with Crippen molar-refractivity contribution in [2.45, 2.75) is 20.3 Å². The number of hydrogen-bond donors (Lipinski definition) is 0. The summed E-state index contributed by atoms with van der Waals surface area (Å²) < 4.78 is 0.834. The molecule has 4 heteroatoms. The van der Waals surface area contributed by atoms with Gasteiger partial charge in [0.15, 0.2) is 5.78 Å². The van der Waals surface area contributed by atoms with Crippen LogP contribution in [0.1, 0.15) is 29.9 Å². The highest BCUT2D eigenvalue weighted by Gasteiger charge is 2.16. The normalized spacial score (nSPS) is 12.9. The maximum atomic E-state index is 11.7. The van der Waals surface area contributed by atoms with E-state index >= 15 is 0 Å². The monoisotopic (exact) mass is 280 g/mol. The average Bonchev–Trinajstić information content (AvgIpc) is 2.44. The third-order valence-corrected chi connectivity index (χ3v) is 4.44. The van der Waals surface area contributed by atoms with Crippen molar-refractivity contribution in [2.24, 2.45) is 5.92 Å². The van der Waals surface area contributed by atoms with Crippen LogP contribution in [0, 0.1) is 5.92 Å². The highest BCUT2D eigenvalue weighted by Crippen LogP contribution is 2.33. The molecule has 1 aromatic heterocycles. The van der Waals surface area contributed by atoms with E-state index in [2.05, 4.69) is 15.9 Å². The van der Waals surface area contributed by atoms with E-state index in [0.29, 0.717) is 5.02 Å². The molecule has 0 aliphatic carbocycles. The fourth-order valence-corrected chi connectivity index (χ4v) is 2.65. The number of Topliss-reactive ketones (excluding diaryl/α,β-unsaturated/α-hetero) is 1. The molecule has 0 saturated heterocycles. The van der Waals surface area contributed by atoms with Crippen molar-refractivity contribution in [1.82, 2.24) is 0 Å². The van der Waals surface area contributed by atoms with Gasteiger partial charge >= 0.3 is 0 Å². The molecule has 0 aliphatic heterocycles. The van der Waals surface area contributed by atoms with E-state index in [4.69, 9.17) is 11.6 Å². The van der Waals surface area contributed by atoms with Crippen molar-refractivity contribution < 1.29 is 4.79 Å². The Morgan fingerprint density at radius 3 is 2.77 bits per heavy atom. The second-order valence-corrected chi connectivity index (χ2v) is 5.68. The Labute approximate surface area is 95.2 Å². The highest BCUT2D eigenvalue weighted by molar-refractivity contribution is 9.11. The van der Waals surface area contributed by atoms with Crippen molar-refractivity contribution in [2.75, 3.05) is 0 Å². The topological polar surface area (TPSA) is 17.1 Å². The molecule has 13 heavy (non-hydrogen) atoms. The van der Waals surface area contributed by atoms with Crippen LogP contribution in [0.25, 0.3) is 0 Å². The quantitative estimate of drug-likeness (QED) is 0.751. The Kier molecular flexibility index (Phi) is 3.95. The zero-order chi connectivity index (χ0) is 10.0. The molecule has 0 radical (unpaired) electrons. The number of halogens is 2. The fourth-order valence-electron chi connectivity index (χ4n) is 0.896. The van der Waals surface area contributed by atoms with E-state index in [9.17, 15) is 4.79 Å². The molecule has 1 nitrogen and oxygen atoms in total. The molecule has 1 rings (SSSR count). The Hall–Kier alpha value is 0.140. The van der Waals surface area contributed by atoms with Crippen LogP contribution in [0.3, 0.4) is 0 Å². The maximum Gasteiger partial charge on any atom is 0.175 e. The van der Waals surface area contributed by atoms with Gasteiger partial charge in [-0.1, -0.05) is 25.4 Å². The molecule has 0 aliphatic rings. The minimum atomic E-state index is 0.0848. The molecule has 1 atom stereocenters. The number of rotatable bonds is 3. The smallest absolute Gasteiger partial charge is 0.175 e. The van der Waals surface area contributed by atoms with Gasteiger partial charge in [0.25, 0.3) is 0 Å². The molecule has 0 N–H and O–H groups in total. The Bertz CT molecular complexity index is 302. The van der Waals surface area contributed by atoms with Gasteiger partial charge < -0.3 is 0 Å². The Balaban J connectivity index is 2.89. The average molecular weight is 282 g/mol. The van der Waals surface area contributed by atoms with Crippen LogP contribution >= 0.6 is 38.9 Å².